The normalized spacial score (nSPS) is 16.5. The molecule has 1 aromatic heterocycles. The Kier molecular flexibility index (Phi) is 4.47. The third-order valence-corrected chi connectivity index (χ3v) is 5.54. The zero-order chi connectivity index (χ0) is 17.5. The summed E-state index contributed by atoms with van der Waals surface area (Å²) in [6, 6.07) is 5.20. The molecule has 128 valence electrons. The highest BCUT2D eigenvalue weighted by molar-refractivity contribution is 9.10. The molecule has 2 aromatic rings. The third-order valence-electron chi connectivity index (χ3n) is 3.96. The third kappa shape index (κ3) is 3.22. The summed E-state index contributed by atoms with van der Waals surface area (Å²) in [7, 11) is -3.76. The van der Waals surface area contributed by atoms with Crippen LogP contribution in [0, 0.1) is 0 Å². The van der Waals surface area contributed by atoms with E-state index >= 15 is 0 Å². The Morgan fingerprint density at radius 2 is 1.88 bits per heavy atom. The SMILES string of the molecule is NS(=O)(=O)N1CCN(C(=O)c2c[nH]c3ccc(Br)cc3c2=O)CC1. The summed E-state index contributed by atoms with van der Waals surface area (Å²) in [6.45, 7) is 0.597. The van der Waals surface area contributed by atoms with E-state index in [9.17, 15) is 18.0 Å². The Balaban J connectivity index is 1.88. The molecule has 0 spiro atoms. The number of amides is 1. The average molecular weight is 415 g/mol. The quantitative estimate of drug-likeness (QED) is 0.732. The monoisotopic (exact) mass is 414 g/mol. The maximum atomic E-state index is 12.6. The van der Waals surface area contributed by atoms with Gasteiger partial charge in [-0.25, -0.2) is 5.14 Å². The van der Waals surface area contributed by atoms with E-state index in [1.165, 1.54) is 11.1 Å². The Bertz CT molecular complexity index is 964. The number of rotatable bonds is 2. The fourth-order valence-corrected chi connectivity index (χ4v) is 3.70. The molecule has 1 saturated heterocycles. The van der Waals surface area contributed by atoms with Crippen molar-refractivity contribution in [2.45, 2.75) is 0 Å². The highest BCUT2D eigenvalue weighted by Gasteiger charge is 2.28. The molecule has 0 bridgehead atoms. The molecule has 0 unspecified atom stereocenters. The first kappa shape index (κ1) is 17.1. The Morgan fingerprint density at radius 1 is 1.21 bits per heavy atom. The van der Waals surface area contributed by atoms with Gasteiger partial charge >= 0.3 is 0 Å². The number of benzene rings is 1. The van der Waals surface area contributed by atoms with Gasteiger partial charge in [-0.15, -0.1) is 0 Å². The minimum Gasteiger partial charge on any atom is -0.360 e. The lowest BCUT2D eigenvalue weighted by molar-refractivity contribution is 0.0696. The van der Waals surface area contributed by atoms with E-state index in [1.807, 2.05) is 0 Å². The molecular weight excluding hydrogens is 400 g/mol. The number of aromatic nitrogens is 1. The van der Waals surface area contributed by atoms with Crippen molar-refractivity contribution >= 4 is 42.9 Å². The predicted octanol–water partition coefficient (Wildman–Crippen LogP) is 0.252. The summed E-state index contributed by atoms with van der Waals surface area (Å²) in [6.07, 6.45) is 1.40. The highest BCUT2D eigenvalue weighted by atomic mass is 79.9. The molecule has 1 fully saturated rings. The number of nitrogens with two attached hydrogens (primary N) is 1. The van der Waals surface area contributed by atoms with Crippen LogP contribution in [0.1, 0.15) is 10.4 Å². The van der Waals surface area contributed by atoms with Crippen LogP contribution < -0.4 is 10.6 Å². The lowest BCUT2D eigenvalue weighted by atomic mass is 10.1. The number of carbonyl (C=O) groups is 1. The second kappa shape index (κ2) is 6.28. The number of fused-ring (bicyclic) bond motifs is 1. The van der Waals surface area contributed by atoms with Crippen LogP contribution >= 0.6 is 15.9 Å². The van der Waals surface area contributed by atoms with Crippen molar-refractivity contribution in [3.63, 3.8) is 0 Å². The molecule has 1 amide bonds. The molecule has 0 saturated carbocycles. The van der Waals surface area contributed by atoms with Crippen LogP contribution in [-0.2, 0) is 10.2 Å². The van der Waals surface area contributed by atoms with Gasteiger partial charge in [0.05, 0.1) is 0 Å². The van der Waals surface area contributed by atoms with E-state index in [1.54, 1.807) is 18.2 Å². The summed E-state index contributed by atoms with van der Waals surface area (Å²) < 4.78 is 24.5. The lowest BCUT2D eigenvalue weighted by Gasteiger charge is -2.32. The van der Waals surface area contributed by atoms with Crippen molar-refractivity contribution < 1.29 is 13.2 Å². The van der Waals surface area contributed by atoms with Crippen LogP contribution in [-0.4, -0.2) is 54.7 Å². The van der Waals surface area contributed by atoms with Gasteiger partial charge in [0.1, 0.15) is 5.56 Å². The molecule has 0 atom stereocenters. The number of nitrogens with one attached hydrogen (secondary N) is 1. The van der Waals surface area contributed by atoms with Gasteiger partial charge in [0.2, 0.25) is 5.43 Å². The van der Waals surface area contributed by atoms with Gasteiger partial charge in [0.25, 0.3) is 16.1 Å². The molecule has 2 heterocycles. The molecule has 1 aromatic carbocycles. The summed E-state index contributed by atoms with van der Waals surface area (Å²) in [4.78, 5) is 29.6. The van der Waals surface area contributed by atoms with Crippen LogP contribution in [0.2, 0.25) is 0 Å². The van der Waals surface area contributed by atoms with Crippen LogP contribution in [0.15, 0.2) is 33.7 Å². The summed E-state index contributed by atoms with van der Waals surface area (Å²) >= 11 is 3.31. The summed E-state index contributed by atoms with van der Waals surface area (Å²) in [5.74, 6) is -0.424. The maximum absolute atomic E-state index is 12.6. The minimum atomic E-state index is -3.76. The molecule has 3 N–H and O–H groups in total. The molecule has 24 heavy (non-hydrogen) atoms. The number of hydrogen-bond acceptors (Lipinski definition) is 4. The van der Waals surface area contributed by atoms with Gasteiger partial charge in [0.15, 0.2) is 0 Å². The number of halogens is 1. The molecule has 8 nitrogen and oxygen atoms in total. The smallest absolute Gasteiger partial charge is 0.277 e. The second-order valence-corrected chi connectivity index (χ2v) is 7.92. The number of aromatic amines is 1. The molecule has 0 radical (unpaired) electrons. The first-order valence-electron chi connectivity index (χ1n) is 7.15. The Hall–Kier alpha value is -1.75. The second-order valence-electron chi connectivity index (χ2n) is 5.46. The molecular formula is C14H15BrN4O4S. The van der Waals surface area contributed by atoms with Crippen molar-refractivity contribution in [2.24, 2.45) is 5.14 Å². The molecule has 1 aliphatic rings. The van der Waals surface area contributed by atoms with Crippen LogP contribution in [0.25, 0.3) is 10.9 Å². The van der Waals surface area contributed by atoms with Crippen LogP contribution in [0.3, 0.4) is 0 Å². The number of pyridine rings is 1. The molecule has 10 heteroatoms. The maximum Gasteiger partial charge on any atom is 0.277 e. The summed E-state index contributed by atoms with van der Waals surface area (Å²) in [5.41, 5.74) is 0.312. The minimum absolute atomic E-state index is 0.0321. The van der Waals surface area contributed by atoms with E-state index < -0.39 is 16.1 Å². The standard InChI is InChI=1S/C14H15BrN4O4S/c15-9-1-2-12-10(7-9)13(20)11(8-17-12)14(21)18-3-5-19(6-4-18)24(16,22)23/h1-2,7-8H,3-6H2,(H,17,20)(H2,16,22,23). The zero-order valence-electron chi connectivity index (χ0n) is 12.5. The predicted molar refractivity (Wildman–Crippen MR) is 92.9 cm³/mol. The van der Waals surface area contributed by atoms with Crippen LogP contribution in [0.4, 0.5) is 0 Å². The largest absolute Gasteiger partial charge is 0.360 e. The first-order valence-corrected chi connectivity index (χ1v) is 9.45. The molecule has 0 aliphatic carbocycles. The van der Waals surface area contributed by atoms with Crippen molar-refractivity contribution in [1.29, 1.82) is 0 Å². The van der Waals surface area contributed by atoms with Crippen molar-refractivity contribution in [3.8, 4) is 0 Å². The van der Waals surface area contributed by atoms with Crippen LogP contribution in [0.5, 0.6) is 0 Å². The van der Waals surface area contributed by atoms with E-state index in [-0.39, 0.29) is 37.2 Å². The van der Waals surface area contributed by atoms with Gasteiger partial charge in [-0.1, -0.05) is 15.9 Å². The van der Waals surface area contributed by atoms with E-state index in [4.69, 9.17) is 5.14 Å². The fourth-order valence-electron chi connectivity index (χ4n) is 2.67. The van der Waals surface area contributed by atoms with Gasteiger partial charge in [-0.05, 0) is 18.2 Å². The van der Waals surface area contributed by atoms with E-state index in [2.05, 4.69) is 20.9 Å². The topological polar surface area (TPSA) is 117 Å². The number of H-pyrrole nitrogens is 1. The zero-order valence-corrected chi connectivity index (χ0v) is 14.9. The average Bonchev–Trinajstić information content (AvgIpc) is 2.54. The van der Waals surface area contributed by atoms with Crippen molar-refractivity contribution in [3.05, 3.63) is 44.7 Å². The van der Waals surface area contributed by atoms with E-state index in [0.717, 1.165) is 8.78 Å². The van der Waals surface area contributed by atoms with Gasteiger partial charge in [-0.3, -0.25) is 9.59 Å². The lowest BCUT2D eigenvalue weighted by Crippen LogP contribution is -2.52. The Labute approximate surface area is 146 Å². The van der Waals surface area contributed by atoms with Gasteiger partial charge in [-0.2, -0.15) is 12.7 Å². The van der Waals surface area contributed by atoms with Crippen molar-refractivity contribution in [1.82, 2.24) is 14.2 Å². The molecule has 1 aliphatic heterocycles. The highest BCUT2D eigenvalue weighted by Crippen LogP contribution is 2.16. The van der Waals surface area contributed by atoms with E-state index in [0.29, 0.717) is 10.9 Å². The van der Waals surface area contributed by atoms with Crippen molar-refractivity contribution in [2.75, 3.05) is 26.2 Å². The van der Waals surface area contributed by atoms with Gasteiger partial charge in [0, 0.05) is 47.8 Å². The van der Waals surface area contributed by atoms with Gasteiger partial charge < -0.3 is 9.88 Å². The molecule has 3 rings (SSSR count). The number of nitrogens with zero attached hydrogens (tertiary/aromatic N) is 2. The number of carbonyl (C=O) groups excluding carboxylic acids is 1. The summed E-state index contributed by atoms with van der Waals surface area (Å²) in [5, 5.41) is 5.49. The number of piperazine rings is 1. The fraction of sp³-hybridized carbons (Fsp3) is 0.286. The number of hydrogen-bond donors (Lipinski definition) is 2. The Morgan fingerprint density at radius 3 is 2.50 bits per heavy atom. The first-order chi connectivity index (χ1) is 11.3.